The number of carbonyl (C=O) groups excluding carboxylic acids is 1. The van der Waals surface area contributed by atoms with Crippen molar-refractivity contribution in [2.75, 3.05) is 32.1 Å². The van der Waals surface area contributed by atoms with Crippen molar-refractivity contribution in [2.45, 2.75) is 63.5 Å². The lowest BCUT2D eigenvalue weighted by Crippen LogP contribution is -2.56. The van der Waals surface area contributed by atoms with Crippen molar-refractivity contribution in [3.05, 3.63) is 0 Å². The van der Waals surface area contributed by atoms with E-state index in [-0.39, 0.29) is 12.1 Å². The Hall–Kier alpha value is -0.460. The van der Waals surface area contributed by atoms with Crippen molar-refractivity contribution in [1.29, 1.82) is 0 Å². The number of nitrogens with one attached hydrogen (secondary N) is 1. The third-order valence-corrected chi connectivity index (χ3v) is 5.46. The monoisotopic (exact) mass is 330 g/mol. The highest BCUT2D eigenvalue weighted by atomic mass is 32.2. The molecule has 0 saturated carbocycles. The lowest BCUT2D eigenvalue weighted by atomic mass is 10.1. The van der Waals surface area contributed by atoms with Crippen molar-refractivity contribution in [2.24, 2.45) is 0 Å². The number of nitrogens with zero attached hydrogens (tertiary/aromatic N) is 1. The summed E-state index contributed by atoms with van der Waals surface area (Å²) in [4.78, 5) is 14.2. The fraction of sp³-hybridized carbons (Fsp3) is 0.938. The molecule has 0 aromatic rings. The topological polar surface area (TPSA) is 50.8 Å². The molecule has 22 heavy (non-hydrogen) atoms. The predicted octanol–water partition coefficient (Wildman–Crippen LogP) is 2.50. The number of rotatable bonds is 3. The van der Waals surface area contributed by atoms with Crippen molar-refractivity contribution < 1.29 is 14.3 Å². The number of thioether (sulfide) groups is 1. The Morgan fingerprint density at radius 1 is 1.45 bits per heavy atom. The highest BCUT2D eigenvalue weighted by Gasteiger charge is 2.32. The molecule has 0 bridgehead atoms. The van der Waals surface area contributed by atoms with E-state index < -0.39 is 5.60 Å². The summed E-state index contributed by atoms with van der Waals surface area (Å²) in [5.74, 6) is 1.26. The molecule has 0 spiro atoms. The van der Waals surface area contributed by atoms with E-state index in [9.17, 15) is 4.79 Å². The van der Waals surface area contributed by atoms with Crippen LogP contribution >= 0.6 is 11.8 Å². The van der Waals surface area contributed by atoms with Gasteiger partial charge >= 0.3 is 6.09 Å². The summed E-state index contributed by atoms with van der Waals surface area (Å²) in [6.07, 6.45) is 2.26. The van der Waals surface area contributed by atoms with Gasteiger partial charge in [0.1, 0.15) is 5.60 Å². The zero-order valence-electron chi connectivity index (χ0n) is 14.3. The molecule has 2 aliphatic rings. The first-order valence-corrected chi connectivity index (χ1v) is 9.34. The van der Waals surface area contributed by atoms with Gasteiger partial charge in [-0.2, -0.15) is 11.8 Å². The minimum atomic E-state index is -0.456. The molecule has 5 nitrogen and oxygen atoms in total. The maximum atomic E-state index is 12.4. The van der Waals surface area contributed by atoms with Gasteiger partial charge in [-0.1, -0.05) is 6.92 Å². The van der Waals surface area contributed by atoms with Gasteiger partial charge in [-0.05, 0) is 39.4 Å². The summed E-state index contributed by atoms with van der Waals surface area (Å²) in [6, 6.07) is 0.587. The Morgan fingerprint density at radius 3 is 2.91 bits per heavy atom. The molecule has 0 aromatic carbocycles. The average molecular weight is 330 g/mol. The standard InChI is InChI=1S/C16H30N2O3S/c1-12-14(6-5-9-22-12)17-10-13-11-20-8-7-18(13)15(19)21-16(2,3)4/h12-14,17H,5-11H2,1-4H3. The van der Waals surface area contributed by atoms with Crippen LogP contribution in [0.2, 0.25) is 0 Å². The number of hydrogen-bond acceptors (Lipinski definition) is 5. The quantitative estimate of drug-likeness (QED) is 0.861. The van der Waals surface area contributed by atoms with Gasteiger partial charge in [0.25, 0.3) is 0 Å². The fourth-order valence-electron chi connectivity index (χ4n) is 2.86. The lowest BCUT2D eigenvalue weighted by molar-refractivity contribution is -0.0322. The van der Waals surface area contributed by atoms with Crippen LogP contribution in [-0.4, -0.2) is 66.0 Å². The Morgan fingerprint density at radius 2 is 2.23 bits per heavy atom. The van der Waals surface area contributed by atoms with Crippen LogP contribution in [0.1, 0.15) is 40.5 Å². The molecule has 1 amide bonds. The van der Waals surface area contributed by atoms with Gasteiger partial charge in [0, 0.05) is 24.4 Å². The number of carbonyl (C=O) groups is 1. The summed E-state index contributed by atoms with van der Waals surface area (Å²) < 4.78 is 11.1. The maximum absolute atomic E-state index is 12.4. The van der Waals surface area contributed by atoms with Crippen LogP contribution in [0.4, 0.5) is 4.79 Å². The second-order valence-electron chi connectivity index (χ2n) is 7.14. The van der Waals surface area contributed by atoms with E-state index in [1.54, 1.807) is 0 Å². The number of amides is 1. The van der Waals surface area contributed by atoms with Crippen LogP contribution in [0, 0.1) is 0 Å². The van der Waals surface area contributed by atoms with Crippen LogP contribution in [0.15, 0.2) is 0 Å². The number of ether oxygens (including phenoxy) is 2. The summed E-state index contributed by atoms with van der Waals surface area (Å²) in [7, 11) is 0. The minimum Gasteiger partial charge on any atom is -0.444 e. The molecule has 2 saturated heterocycles. The van der Waals surface area contributed by atoms with E-state index in [1.165, 1.54) is 18.6 Å². The molecule has 3 unspecified atom stereocenters. The van der Waals surface area contributed by atoms with Gasteiger partial charge < -0.3 is 14.8 Å². The van der Waals surface area contributed by atoms with Gasteiger partial charge in [0.05, 0.1) is 19.3 Å². The molecule has 1 N–H and O–H groups in total. The van der Waals surface area contributed by atoms with E-state index in [0.717, 1.165) is 6.54 Å². The minimum absolute atomic E-state index is 0.0581. The van der Waals surface area contributed by atoms with Crippen molar-refractivity contribution in [1.82, 2.24) is 10.2 Å². The maximum Gasteiger partial charge on any atom is 0.410 e. The molecule has 0 aliphatic carbocycles. The molecule has 128 valence electrons. The van der Waals surface area contributed by atoms with Gasteiger partial charge in [-0.25, -0.2) is 4.79 Å². The van der Waals surface area contributed by atoms with E-state index in [1.807, 2.05) is 37.4 Å². The van der Waals surface area contributed by atoms with E-state index in [2.05, 4.69) is 12.2 Å². The molecule has 0 radical (unpaired) electrons. The summed E-state index contributed by atoms with van der Waals surface area (Å²) >= 11 is 2.03. The molecule has 2 heterocycles. The van der Waals surface area contributed by atoms with Gasteiger partial charge in [-0.15, -0.1) is 0 Å². The second-order valence-corrected chi connectivity index (χ2v) is 8.62. The summed E-state index contributed by atoms with van der Waals surface area (Å²) in [5, 5.41) is 4.27. The highest BCUT2D eigenvalue weighted by Crippen LogP contribution is 2.25. The first kappa shape index (κ1) is 17.9. The molecule has 3 atom stereocenters. The second kappa shape index (κ2) is 7.88. The van der Waals surface area contributed by atoms with E-state index in [4.69, 9.17) is 9.47 Å². The fourth-order valence-corrected chi connectivity index (χ4v) is 4.03. The van der Waals surface area contributed by atoms with Crippen LogP contribution in [0.25, 0.3) is 0 Å². The van der Waals surface area contributed by atoms with E-state index in [0.29, 0.717) is 31.1 Å². The number of morpholine rings is 1. The van der Waals surface area contributed by atoms with Crippen LogP contribution in [0.3, 0.4) is 0 Å². The smallest absolute Gasteiger partial charge is 0.410 e. The summed E-state index contributed by atoms with van der Waals surface area (Å²) in [6.45, 7) is 10.5. The van der Waals surface area contributed by atoms with Crippen molar-refractivity contribution in [3.63, 3.8) is 0 Å². The zero-order chi connectivity index (χ0) is 16.2. The third kappa shape index (κ3) is 5.32. The van der Waals surface area contributed by atoms with Gasteiger partial charge in [-0.3, -0.25) is 4.90 Å². The zero-order valence-corrected chi connectivity index (χ0v) is 15.1. The molecule has 2 fully saturated rings. The largest absolute Gasteiger partial charge is 0.444 e. The van der Waals surface area contributed by atoms with Crippen LogP contribution in [0.5, 0.6) is 0 Å². The number of hydrogen-bond donors (Lipinski definition) is 1. The first-order valence-electron chi connectivity index (χ1n) is 8.29. The average Bonchev–Trinajstić information content (AvgIpc) is 2.45. The lowest BCUT2D eigenvalue weighted by Gasteiger charge is -2.38. The summed E-state index contributed by atoms with van der Waals surface area (Å²) in [5.41, 5.74) is -0.456. The molecule has 2 rings (SSSR count). The normalized spacial score (nSPS) is 30.2. The molecule has 2 aliphatic heterocycles. The Bertz CT molecular complexity index is 373. The molecular formula is C16H30N2O3S. The molecular weight excluding hydrogens is 300 g/mol. The first-order chi connectivity index (χ1) is 10.4. The highest BCUT2D eigenvalue weighted by molar-refractivity contribution is 7.99. The van der Waals surface area contributed by atoms with Crippen LogP contribution in [-0.2, 0) is 9.47 Å². The SMILES string of the molecule is CC1SCCCC1NCC1COCCN1C(=O)OC(C)(C)C. The third-order valence-electron chi connectivity index (χ3n) is 4.08. The van der Waals surface area contributed by atoms with Crippen molar-refractivity contribution in [3.8, 4) is 0 Å². The Labute approximate surface area is 138 Å². The Kier molecular flexibility index (Phi) is 6.41. The van der Waals surface area contributed by atoms with Gasteiger partial charge in [0.2, 0.25) is 0 Å². The Balaban J connectivity index is 1.87. The predicted molar refractivity (Wildman–Crippen MR) is 90.5 cm³/mol. The van der Waals surface area contributed by atoms with Gasteiger partial charge in [0.15, 0.2) is 0 Å². The van der Waals surface area contributed by atoms with E-state index >= 15 is 0 Å². The molecule has 0 aromatic heterocycles. The van der Waals surface area contributed by atoms with Crippen LogP contribution < -0.4 is 5.32 Å². The van der Waals surface area contributed by atoms with Crippen molar-refractivity contribution >= 4 is 17.9 Å². The molecule has 6 heteroatoms.